The van der Waals surface area contributed by atoms with Gasteiger partial charge in [0, 0.05) is 26.1 Å². The molecule has 8 nitrogen and oxygen atoms in total. The highest BCUT2D eigenvalue weighted by molar-refractivity contribution is 8.15. The van der Waals surface area contributed by atoms with Crippen molar-refractivity contribution >= 4 is 28.7 Å². The van der Waals surface area contributed by atoms with Crippen molar-refractivity contribution in [2.75, 3.05) is 20.8 Å². The second-order valence-electron chi connectivity index (χ2n) is 7.14. The van der Waals surface area contributed by atoms with E-state index in [0.29, 0.717) is 0 Å². The lowest BCUT2D eigenvalue weighted by atomic mass is 10.0. The van der Waals surface area contributed by atoms with Crippen LogP contribution in [-0.4, -0.2) is 48.8 Å². The highest BCUT2D eigenvalue weighted by Crippen LogP contribution is 2.50. The van der Waals surface area contributed by atoms with E-state index >= 15 is 0 Å². The number of ether oxygens (including phenoxy) is 1. The van der Waals surface area contributed by atoms with Gasteiger partial charge in [0.05, 0.1) is 6.61 Å². The summed E-state index contributed by atoms with van der Waals surface area (Å²) in [4.78, 5) is 17.6. The van der Waals surface area contributed by atoms with Crippen LogP contribution in [0.4, 0.5) is 8.78 Å². The van der Waals surface area contributed by atoms with Crippen molar-refractivity contribution < 1.29 is 23.1 Å². The number of halogens is 2. The van der Waals surface area contributed by atoms with Gasteiger partial charge in [-0.3, -0.25) is 15.0 Å². The van der Waals surface area contributed by atoms with Crippen LogP contribution in [0.3, 0.4) is 0 Å². The monoisotopic (exact) mass is 477 g/mol. The van der Waals surface area contributed by atoms with Gasteiger partial charge < -0.3 is 10.1 Å². The number of guanidine groups is 1. The number of carbonyl (C=O) groups is 1. The van der Waals surface area contributed by atoms with Gasteiger partial charge in [-0.2, -0.15) is 5.10 Å². The third-order valence-electron chi connectivity index (χ3n) is 5.06. The molecule has 0 aromatic heterocycles. The SMILES string of the molecule is CNC(=N)NOCCC1(c2ccccc2)SC(c2cc(F)ccc2F)=NN1C(=O)[C@H](C)OC. The second kappa shape index (κ2) is 10.7. The minimum absolute atomic E-state index is 0.0393. The van der Waals surface area contributed by atoms with Gasteiger partial charge in [-0.1, -0.05) is 42.1 Å². The molecule has 2 aromatic carbocycles. The zero-order valence-corrected chi connectivity index (χ0v) is 19.2. The maximum atomic E-state index is 14.6. The summed E-state index contributed by atoms with van der Waals surface area (Å²) in [6, 6.07) is 12.2. The first-order chi connectivity index (χ1) is 15.8. The first-order valence-electron chi connectivity index (χ1n) is 10.1. The van der Waals surface area contributed by atoms with E-state index in [1.165, 1.54) is 12.1 Å². The van der Waals surface area contributed by atoms with Gasteiger partial charge >= 0.3 is 0 Å². The van der Waals surface area contributed by atoms with Crippen molar-refractivity contribution in [3.63, 3.8) is 0 Å². The quantitative estimate of drug-likeness (QED) is 0.234. The zero-order chi connectivity index (χ0) is 24.0. The molecule has 0 spiro atoms. The van der Waals surface area contributed by atoms with Crippen LogP contribution < -0.4 is 10.8 Å². The molecule has 0 saturated heterocycles. The summed E-state index contributed by atoms with van der Waals surface area (Å²) < 4.78 is 33.8. The van der Waals surface area contributed by atoms with Crippen molar-refractivity contribution in [3.8, 4) is 0 Å². The van der Waals surface area contributed by atoms with Crippen LogP contribution in [0.15, 0.2) is 53.6 Å². The Bertz CT molecular complexity index is 1040. The molecule has 11 heteroatoms. The van der Waals surface area contributed by atoms with Crippen molar-refractivity contribution in [2.45, 2.75) is 24.3 Å². The van der Waals surface area contributed by atoms with Gasteiger partial charge in [-0.25, -0.2) is 19.3 Å². The number of hydroxylamine groups is 1. The lowest BCUT2D eigenvalue weighted by Gasteiger charge is -2.36. The van der Waals surface area contributed by atoms with Gasteiger partial charge in [0.25, 0.3) is 5.91 Å². The molecular weight excluding hydrogens is 452 g/mol. The Kier molecular flexibility index (Phi) is 8.01. The molecule has 0 fully saturated rings. The Hall–Kier alpha value is -3.02. The normalized spacial score (nSPS) is 18.6. The molecule has 0 radical (unpaired) electrons. The molecule has 0 bridgehead atoms. The number of rotatable bonds is 8. The third-order valence-corrected chi connectivity index (χ3v) is 6.50. The van der Waals surface area contributed by atoms with Crippen LogP contribution >= 0.6 is 11.8 Å². The van der Waals surface area contributed by atoms with Crippen molar-refractivity contribution in [1.29, 1.82) is 5.41 Å². The van der Waals surface area contributed by atoms with Gasteiger partial charge in [-0.15, -0.1) is 0 Å². The Morgan fingerprint density at radius 2 is 2.00 bits per heavy atom. The number of hydrogen-bond acceptors (Lipinski definition) is 6. The van der Waals surface area contributed by atoms with Crippen LogP contribution in [0.25, 0.3) is 0 Å². The first kappa shape index (κ1) is 24.6. The number of hydrogen-bond donors (Lipinski definition) is 3. The van der Waals surface area contributed by atoms with Crippen LogP contribution in [0, 0.1) is 17.0 Å². The fraction of sp³-hybridized carbons (Fsp3) is 0.318. The summed E-state index contributed by atoms with van der Waals surface area (Å²) >= 11 is 1.13. The van der Waals surface area contributed by atoms with E-state index in [2.05, 4.69) is 15.9 Å². The van der Waals surface area contributed by atoms with Crippen molar-refractivity contribution in [2.24, 2.45) is 5.10 Å². The van der Waals surface area contributed by atoms with Crippen LogP contribution in [0.5, 0.6) is 0 Å². The third kappa shape index (κ3) is 5.32. The fourth-order valence-electron chi connectivity index (χ4n) is 3.21. The van der Waals surface area contributed by atoms with Gasteiger partial charge in [-0.05, 0) is 30.7 Å². The molecule has 176 valence electrons. The molecular formula is C22H25F2N5O3S. The van der Waals surface area contributed by atoms with E-state index < -0.39 is 28.5 Å². The molecule has 1 unspecified atom stereocenters. The Morgan fingerprint density at radius 3 is 2.67 bits per heavy atom. The summed E-state index contributed by atoms with van der Waals surface area (Å²) in [5.74, 6) is -1.76. The number of carbonyl (C=O) groups excluding carboxylic acids is 1. The molecule has 33 heavy (non-hydrogen) atoms. The molecule has 2 atom stereocenters. The molecule has 3 rings (SSSR count). The van der Waals surface area contributed by atoms with E-state index in [4.69, 9.17) is 15.0 Å². The lowest BCUT2D eigenvalue weighted by molar-refractivity contribution is -0.145. The van der Waals surface area contributed by atoms with E-state index in [0.717, 1.165) is 35.5 Å². The predicted octanol–water partition coefficient (Wildman–Crippen LogP) is 3.16. The van der Waals surface area contributed by atoms with Crippen molar-refractivity contribution in [3.05, 3.63) is 71.3 Å². The number of thioether (sulfide) groups is 1. The first-order valence-corrected chi connectivity index (χ1v) is 10.9. The highest BCUT2D eigenvalue weighted by Gasteiger charge is 2.49. The van der Waals surface area contributed by atoms with Crippen LogP contribution in [0.2, 0.25) is 0 Å². The zero-order valence-electron chi connectivity index (χ0n) is 18.4. The van der Waals surface area contributed by atoms with E-state index in [9.17, 15) is 13.6 Å². The fourth-order valence-corrected chi connectivity index (χ4v) is 4.58. The predicted molar refractivity (Wildman–Crippen MR) is 122 cm³/mol. The van der Waals surface area contributed by atoms with E-state index in [1.807, 2.05) is 30.3 Å². The van der Waals surface area contributed by atoms with Crippen molar-refractivity contribution in [1.82, 2.24) is 15.8 Å². The number of methoxy groups -OCH3 is 1. The largest absolute Gasteiger partial charge is 0.372 e. The molecule has 1 aliphatic heterocycles. The Labute approximate surface area is 194 Å². The van der Waals surface area contributed by atoms with E-state index in [1.54, 1.807) is 14.0 Å². The maximum Gasteiger partial charge on any atom is 0.273 e. The summed E-state index contributed by atoms with van der Waals surface area (Å²) in [5.41, 5.74) is 3.12. The number of hydrazone groups is 1. The average molecular weight is 478 g/mol. The molecule has 1 aliphatic rings. The number of amides is 1. The number of nitrogens with zero attached hydrogens (tertiary/aromatic N) is 2. The molecule has 1 amide bonds. The van der Waals surface area contributed by atoms with Crippen LogP contribution in [0.1, 0.15) is 24.5 Å². The number of nitrogens with one attached hydrogen (secondary N) is 3. The number of benzene rings is 2. The summed E-state index contributed by atoms with van der Waals surface area (Å²) in [7, 11) is 2.97. The molecule has 3 N–H and O–H groups in total. The summed E-state index contributed by atoms with van der Waals surface area (Å²) in [5, 5.41) is 16.0. The Balaban J connectivity index is 2.05. The van der Waals surface area contributed by atoms with Gasteiger partial charge in [0.2, 0.25) is 5.96 Å². The lowest BCUT2D eigenvalue weighted by Crippen LogP contribution is -2.46. The van der Waals surface area contributed by atoms with Crippen LogP contribution in [-0.2, 0) is 19.2 Å². The topological polar surface area (TPSA) is 99.0 Å². The minimum Gasteiger partial charge on any atom is -0.372 e. The van der Waals surface area contributed by atoms with Gasteiger partial charge in [0.15, 0.2) is 0 Å². The Morgan fingerprint density at radius 1 is 1.27 bits per heavy atom. The minimum atomic E-state index is -1.12. The van der Waals surface area contributed by atoms with Gasteiger partial charge in [0.1, 0.15) is 27.7 Å². The average Bonchev–Trinajstić information content (AvgIpc) is 3.23. The standard InChI is InChI=1S/C22H25F2N5O3S/c1-14(31-3)20(30)29-22(15-7-5-4-6-8-15,11-12-32-28-21(25)26-2)33-19(27-29)17-13-16(23)9-10-18(17)24/h4-10,13-14H,11-12H2,1-3H3,(H3,25,26,28)/t14-,22?/m0/s1. The van der Waals surface area contributed by atoms with E-state index in [-0.39, 0.29) is 29.6 Å². The summed E-state index contributed by atoms with van der Waals surface area (Å²) in [6.07, 6.45) is -0.608. The molecule has 2 aromatic rings. The second-order valence-corrected chi connectivity index (χ2v) is 8.40. The highest BCUT2D eigenvalue weighted by atomic mass is 32.2. The smallest absolute Gasteiger partial charge is 0.273 e. The molecule has 0 saturated carbocycles. The maximum absolute atomic E-state index is 14.6. The molecule has 1 heterocycles. The molecule has 0 aliphatic carbocycles. The summed E-state index contributed by atoms with van der Waals surface area (Å²) in [6.45, 7) is 1.66.